The highest BCUT2D eigenvalue weighted by molar-refractivity contribution is 6.33. The number of hydrogen-bond acceptors (Lipinski definition) is 4. The van der Waals surface area contributed by atoms with Crippen LogP contribution < -0.4 is 4.90 Å². The number of nitrogens with zero attached hydrogens (tertiary/aromatic N) is 3. The minimum atomic E-state index is -0.232. The molecule has 0 amide bonds. The number of anilines is 1. The summed E-state index contributed by atoms with van der Waals surface area (Å²) in [5.41, 5.74) is 2.41. The molecule has 2 aromatic rings. The van der Waals surface area contributed by atoms with Crippen molar-refractivity contribution in [3.05, 3.63) is 59.4 Å². The second kappa shape index (κ2) is 7.95. The lowest BCUT2D eigenvalue weighted by Crippen LogP contribution is -2.44. The molecule has 2 aliphatic rings. The van der Waals surface area contributed by atoms with Crippen LogP contribution in [0.2, 0.25) is 5.02 Å². The fourth-order valence-electron chi connectivity index (χ4n) is 4.39. The first-order valence-electron chi connectivity index (χ1n) is 9.51. The Hall–Kier alpha value is -1.62. The summed E-state index contributed by atoms with van der Waals surface area (Å²) in [6, 6.07) is 12.8. The Balaban J connectivity index is 1.33. The average Bonchev–Trinajstić information content (AvgIpc) is 3.04. The lowest BCUT2D eigenvalue weighted by atomic mass is 9.97. The summed E-state index contributed by atoms with van der Waals surface area (Å²) in [5, 5.41) is 11.4. The first-order chi connectivity index (χ1) is 12.7. The molecule has 1 N–H and O–H groups in total. The van der Waals surface area contributed by atoms with Gasteiger partial charge in [0.05, 0.1) is 16.8 Å². The quantitative estimate of drug-likeness (QED) is 0.895. The van der Waals surface area contributed by atoms with Crippen LogP contribution in [0.15, 0.2) is 48.8 Å². The third-order valence-electron chi connectivity index (χ3n) is 5.86. The standard InChI is InChI=1S/C21H26ClN3O/c22-19-3-1-2-4-20(19)24-11-7-18(8-12-24)25-14-17(21(26)15-25)13-16-5-9-23-10-6-16/h1-6,9-10,17-18,21,26H,7-8,11-15H2/t17-,21+/m1/s1. The van der Waals surface area contributed by atoms with Crippen molar-refractivity contribution in [1.82, 2.24) is 9.88 Å². The molecule has 4 rings (SSSR count). The molecule has 0 spiro atoms. The van der Waals surface area contributed by atoms with Crippen LogP contribution in [0.5, 0.6) is 0 Å². The number of piperidine rings is 1. The largest absolute Gasteiger partial charge is 0.391 e. The number of β-amino-alcohol motifs (C(OH)–C–C–N with tert-alkyl or cyclic N) is 1. The topological polar surface area (TPSA) is 39.6 Å². The van der Waals surface area contributed by atoms with Crippen LogP contribution in [0.1, 0.15) is 18.4 Å². The first-order valence-corrected chi connectivity index (χ1v) is 9.89. The summed E-state index contributed by atoms with van der Waals surface area (Å²) in [6.07, 6.45) is 6.61. The van der Waals surface area contributed by atoms with Crippen molar-refractivity contribution in [1.29, 1.82) is 0 Å². The molecule has 0 bridgehead atoms. The zero-order chi connectivity index (χ0) is 17.9. The molecule has 0 aliphatic carbocycles. The summed E-state index contributed by atoms with van der Waals surface area (Å²) < 4.78 is 0. The molecular weight excluding hydrogens is 346 g/mol. The lowest BCUT2D eigenvalue weighted by Gasteiger charge is -2.38. The van der Waals surface area contributed by atoms with Crippen molar-refractivity contribution in [2.75, 3.05) is 31.1 Å². The Morgan fingerprint density at radius 1 is 1.04 bits per heavy atom. The van der Waals surface area contributed by atoms with Gasteiger partial charge in [0.15, 0.2) is 0 Å². The van der Waals surface area contributed by atoms with Gasteiger partial charge >= 0.3 is 0 Å². The minimum Gasteiger partial charge on any atom is -0.391 e. The van der Waals surface area contributed by atoms with E-state index in [-0.39, 0.29) is 6.10 Å². The maximum Gasteiger partial charge on any atom is 0.0710 e. The van der Waals surface area contributed by atoms with Gasteiger partial charge in [0.2, 0.25) is 0 Å². The highest BCUT2D eigenvalue weighted by Gasteiger charge is 2.36. The highest BCUT2D eigenvalue weighted by atomic mass is 35.5. The van der Waals surface area contributed by atoms with E-state index in [0.29, 0.717) is 12.0 Å². The molecule has 0 unspecified atom stereocenters. The van der Waals surface area contributed by atoms with Crippen molar-refractivity contribution in [2.24, 2.45) is 5.92 Å². The van der Waals surface area contributed by atoms with Gasteiger partial charge in [-0.05, 0) is 49.1 Å². The average molecular weight is 372 g/mol. The van der Waals surface area contributed by atoms with E-state index in [9.17, 15) is 5.11 Å². The van der Waals surface area contributed by atoms with E-state index in [4.69, 9.17) is 11.6 Å². The molecule has 138 valence electrons. The number of benzene rings is 1. The smallest absolute Gasteiger partial charge is 0.0710 e. The van der Waals surface area contributed by atoms with Gasteiger partial charge in [-0.25, -0.2) is 0 Å². The van der Waals surface area contributed by atoms with Gasteiger partial charge < -0.3 is 10.0 Å². The Kier molecular flexibility index (Phi) is 5.44. The maximum atomic E-state index is 10.5. The van der Waals surface area contributed by atoms with E-state index in [1.54, 1.807) is 0 Å². The Morgan fingerprint density at radius 2 is 1.77 bits per heavy atom. The van der Waals surface area contributed by atoms with Gasteiger partial charge in [-0.1, -0.05) is 23.7 Å². The summed E-state index contributed by atoms with van der Waals surface area (Å²) in [5.74, 6) is 0.319. The van der Waals surface area contributed by atoms with Gasteiger partial charge in [0.25, 0.3) is 0 Å². The molecular formula is C21H26ClN3O. The molecule has 1 aromatic heterocycles. The summed E-state index contributed by atoms with van der Waals surface area (Å²) in [4.78, 5) is 8.97. The molecule has 0 radical (unpaired) electrons. The Morgan fingerprint density at radius 3 is 2.50 bits per heavy atom. The minimum absolute atomic E-state index is 0.232. The predicted octanol–water partition coefficient (Wildman–Crippen LogP) is 3.24. The lowest BCUT2D eigenvalue weighted by molar-refractivity contribution is 0.132. The van der Waals surface area contributed by atoms with Gasteiger partial charge in [-0.2, -0.15) is 0 Å². The van der Waals surface area contributed by atoms with Crippen LogP contribution in [-0.4, -0.2) is 53.3 Å². The van der Waals surface area contributed by atoms with Crippen LogP contribution >= 0.6 is 11.6 Å². The van der Waals surface area contributed by atoms with E-state index in [0.717, 1.165) is 56.2 Å². The van der Waals surface area contributed by atoms with E-state index in [1.807, 2.05) is 30.6 Å². The second-order valence-electron chi connectivity index (χ2n) is 7.51. The molecule has 26 heavy (non-hydrogen) atoms. The Bertz CT molecular complexity index is 718. The molecule has 1 aromatic carbocycles. The van der Waals surface area contributed by atoms with Crippen LogP contribution in [0.3, 0.4) is 0 Å². The molecule has 4 nitrogen and oxygen atoms in total. The van der Waals surface area contributed by atoms with Crippen LogP contribution in [-0.2, 0) is 6.42 Å². The van der Waals surface area contributed by atoms with E-state index in [2.05, 4.69) is 33.0 Å². The third-order valence-corrected chi connectivity index (χ3v) is 6.18. The fraction of sp³-hybridized carbons (Fsp3) is 0.476. The van der Waals surface area contributed by atoms with E-state index in [1.165, 1.54) is 5.56 Å². The van der Waals surface area contributed by atoms with Crippen molar-refractivity contribution in [3.8, 4) is 0 Å². The van der Waals surface area contributed by atoms with Crippen molar-refractivity contribution < 1.29 is 5.11 Å². The highest BCUT2D eigenvalue weighted by Crippen LogP contribution is 2.31. The van der Waals surface area contributed by atoms with E-state index < -0.39 is 0 Å². The van der Waals surface area contributed by atoms with Gasteiger partial charge in [0, 0.05) is 50.5 Å². The van der Waals surface area contributed by atoms with Crippen molar-refractivity contribution in [3.63, 3.8) is 0 Å². The predicted molar refractivity (Wildman–Crippen MR) is 106 cm³/mol. The van der Waals surface area contributed by atoms with Crippen LogP contribution in [0.25, 0.3) is 0 Å². The molecule has 5 heteroatoms. The molecule has 2 fully saturated rings. The van der Waals surface area contributed by atoms with Crippen molar-refractivity contribution in [2.45, 2.75) is 31.4 Å². The van der Waals surface area contributed by atoms with Crippen LogP contribution in [0, 0.1) is 5.92 Å². The number of aliphatic hydroxyl groups excluding tert-OH is 1. The summed E-state index contributed by atoms with van der Waals surface area (Å²) in [7, 11) is 0. The number of pyridine rings is 1. The number of aromatic nitrogens is 1. The zero-order valence-corrected chi connectivity index (χ0v) is 15.7. The van der Waals surface area contributed by atoms with Gasteiger partial charge in [-0.3, -0.25) is 9.88 Å². The van der Waals surface area contributed by atoms with Gasteiger partial charge in [0.1, 0.15) is 0 Å². The molecule has 2 aliphatic heterocycles. The number of likely N-dealkylation sites (tertiary alicyclic amines) is 1. The molecule has 0 saturated carbocycles. The SMILES string of the molecule is O[C@H]1CN(C2CCN(c3ccccc3Cl)CC2)C[C@H]1Cc1ccncc1. The van der Waals surface area contributed by atoms with Crippen LogP contribution in [0.4, 0.5) is 5.69 Å². The molecule has 2 atom stereocenters. The number of aliphatic hydroxyl groups is 1. The number of rotatable bonds is 4. The summed E-state index contributed by atoms with van der Waals surface area (Å²) >= 11 is 6.35. The fourth-order valence-corrected chi connectivity index (χ4v) is 4.64. The molecule has 2 saturated heterocycles. The van der Waals surface area contributed by atoms with E-state index >= 15 is 0 Å². The van der Waals surface area contributed by atoms with Crippen molar-refractivity contribution >= 4 is 17.3 Å². The number of hydrogen-bond donors (Lipinski definition) is 1. The first kappa shape index (κ1) is 17.8. The second-order valence-corrected chi connectivity index (χ2v) is 7.92. The third kappa shape index (κ3) is 3.88. The monoisotopic (exact) mass is 371 g/mol. The van der Waals surface area contributed by atoms with Gasteiger partial charge in [-0.15, -0.1) is 0 Å². The maximum absolute atomic E-state index is 10.5. The molecule has 3 heterocycles. The normalized spacial score (nSPS) is 24.9. The number of para-hydroxylation sites is 1. The summed E-state index contributed by atoms with van der Waals surface area (Å²) in [6.45, 7) is 3.83. The Labute approximate surface area is 160 Å². The number of halogens is 1. The zero-order valence-electron chi connectivity index (χ0n) is 15.0.